The number of aliphatic hydroxyl groups is 1. The van der Waals surface area contributed by atoms with Gasteiger partial charge in [-0.2, -0.15) is 0 Å². The molecule has 1 aliphatic rings. The number of amides is 1. The zero-order chi connectivity index (χ0) is 15.4. The molecule has 2 rings (SSSR count). The molecule has 1 aliphatic heterocycles. The van der Waals surface area contributed by atoms with Gasteiger partial charge in [-0.1, -0.05) is 17.7 Å². The Hall–Kier alpha value is -1.14. The predicted octanol–water partition coefficient (Wildman–Crippen LogP) is 1.67. The monoisotopic (exact) mass is 312 g/mol. The van der Waals surface area contributed by atoms with Crippen molar-refractivity contribution in [1.82, 2.24) is 4.90 Å². The maximum Gasteiger partial charge on any atom is 0.238 e. The number of benzene rings is 1. The molecule has 21 heavy (non-hydrogen) atoms. The number of hydrogen-bond donors (Lipinski definition) is 2. The minimum absolute atomic E-state index is 0.0331. The summed E-state index contributed by atoms with van der Waals surface area (Å²) in [7, 11) is 0. The largest absolute Gasteiger partial charge is 0.394 e. The topological polar surface area (TPSA) is 61.8 Å². The van der Waals surface area contributed by atoms with E-state index in [1.807, 2.05) is 30.9 Å². The van der Waals surface area contributed by atoms with Gasteiger partial charge in [0.25, 0.3) is 0 Å². The van der Waals surface area contributed by atoms with Crippen LogP contribution >= 0.6 is 11.6 Å². The third kappa shape index (κ3) is 4.41. The molecule has 116 valence electrons. The third-order valence-electron chi connectivity index (χ3n) is 3.58. The molecule has 2 N–H and O–H groups in total. The molecular weight excluding hydrogens is 292 g/mol. The van der Waals surface area contributed by atoms with Gasteiger partial charge in [-0.3, -0.25) is 9.69 Å². The first-order valence-electron chi connectivity index (χ1n) is 7.02. The fourth-order valence-corrected chi connectivity index (χ4v) is 2.58. The summed E-state index contributed by atoms with van der Waals surface area (Å²) in [6.07, 6.45) is -0.225. The highest BCUT2D eigenvalue weighted by Gasteiger charge is 2.27. The Labute approximate surface area is 129 Å². The highest BCUT2D eigenvalue weighted by molar-refractivity contribution is 6.33. The van der Waals surface area contributed by atoms with Gasteiger partial charge in [0.1, 0.15) is 0 Å². The van der Waals surface area contributed by atoms with Gasteiger partial charge in [0.15, 0.2) is 0 Å². The van der Waals surface area contributed by atoms with Crippen LogP contribution in [-0.2, 0) is 9.53 Å². The molecular formula is C15H21ClN2O3. The number of nitrogens with one attached hydrogen (secondary N) is 1. The second-order valence-corrected chi connectivity index (χ2v) is 5.86. The van der Waals surface area contributed by atoms with Crippen LogP contribution in [0.25, 0.3) is 0 Å². The van der Waals surface area contributed by atoms with Gasteiger partial charge in [0, 0.05) is 12.6 Å². The zero-order valence-corrected chi connectivity index (χ0v) is 13.1. The van der Waals surface area contributed by atoms with Crippen molar-refractivity contribution in [2.24, 2.45) is 0 Å². The third-order valence-corrected chi connectivity index (χ3v) is 3.90. The van der Waals surface area contributed by atoms with Gasteiger partial charge < -0.3 is 15.2 Å². The molecule has 1 saturated heterocycles. The highest BCUT2D eigenvalue weighted by atomic mass is 35.5. The summed E-state index contributed by atoms with van der Waals surface area (Å²) in [5, 5.41) is 12.5. The minimum atomic E-state index is -0.225. The summed E-state index contributed by atoms with van der Waals surface area (Å²) in [4.78, 5) is 14.1. The van der Waals surface area contributed by atoms with Gasteiger partial charge >= 0.3 is 0 Å². The number of aliphatic hydroxyl groups excluding tert-OH is 1. The van der Waals surface area contributed by atoms with Crippen molar-refractivity contribution in [1.29, 1.82) is 0 Å². The van der Waals surface area contributed by atoms with Crippen molar-refractivity contribution in [3.8, 4) is 0 Å². The number of carbonyl (C=O) groups is 1. The smallest absolute Gasteiger partial charge is 0.238 e. The summed E-state index contributed by atoms with van der Waals surface area (Å²) in [6, 6.07) is 5.67. The van der Waals surface area contributed by atoms with Crippen molar-refractivity contribution in [2.75, 3.05) is 31.6 Å². The summed E-state index contributed by atoms with van der Waals surface area (Å²) >= 11 is 6.11. The minimum Gasteiger partial charge on any atom is -0.394 e. The average molecular weight is 313 g/mol. The van der Waals surface area contributed by atoms with E-state index < -0.39 is 0 Å². The lowest BCUT2D eigenvalue weighted by Gasteiger charge is -2.36. The Bertz CT molecular complexity index is 510. The van der Waals surface area contributed by atoms with Crippen LogP contribution in [0.2, 0.25) is 5.02 Å². The van der Waals surface area contributed by atoms with E-state index in [2.05, 4.69) is 5.32 Å². The summed E-state index contributed by atoms with van der Waals surface area (Å²) in [5.74, 6) is -0.119. The number of hydrogen-bond acceptors (Lipinski definition) is 4. The van der Waals surface area contributed by atoms with Gasteiger partial charge in [0.05, 0.1) is 36.6 Å². The number of halogens is 1. The van der Waals surface area contributed by atoms with Crippen LogP contribution < -0.4 is 5.32 Å². The molecule has 1 aromatic carbocycles. The van der Waals surface area contributed by atoms with E-state index in [0.29, 0.717) is 23.9 Å². The average Bonchev–Trinajstić information content (AvgIpc) is 2.44. The molecule has 2 unspecified atom stereocenters. The molecule has 0 bridgehead atoms. The maximum atomic E-state index is 12.1. The normalized spacial score (nSPS) is 23.0. The lowest BCUT2D eigenvalue weighted by atomic mass is 10.2. The Morgan fingerprint density at radius 1 is 1.57 bits per heavy atom. The number of nitrogens with zero attached hydrogens (tertiary/aromatic N) is 1. The second-order valence-electron chi connectivity index (χ2n) is 5.45. The zero-order valence-electron chi connectivity index (χ0n) is 12.3. The first-order valence-corrected chi connectivity index (χ1v) is 7.40. The van der Waals surface area contributed by atoms with E-state index in [4.69, 9.17) is 21.4 Å². The fourth-order valence-electron chi connectivity index (χ4n) is 2.30. The van der Waals surface area contributed by atoms with E-state index in [1.165, 1.54) is 0 Å². The first kappa shape index (κ1) is 16.2. The molecule has 0 radical (unpaired) electrons. The van der Waals surface area contributed by atoms with Crippen molar-refractivity contribution < 1.29 is 14.6 Å². The highest BCUT2D eigenvalue weighted by Crippen LogP contribution is 2.22. The molecule has 0 aromatic heterocycles. The van der Waals surface area contributed by atoms with Crippen LogP contribution in [0.5, 0.6) is 0 Å². The van der Waals surface area contributed by atoms with E-state index in [0.717, 1.165) is 5.56 Å². The Balaban J connectivity index is 1.94. The number of rotatable bonds is 4. The van der Waals surface area contributed by atoms with E-state index in [9.17, 15) is 4.79 Å². The molecule has 1 aromatic rings. The van der Waals surface area contributed by atoms with Crippen LogP contribution in [0.15, 0.2) is 18.2 Å². The lowest BCUT2D eigenvalue weighted by Crippen LogP contribution is -2.51. The Morgan fingerprint density at radius 2 is 2.33 bits per heavy atom. The van der Waals surface area contributed by atoms with Crippen molar-refractivity contribution >= 4 is 23.2 Å². The quantitative estimate of drug-likeness (QED) is 0.888. The first-order chi connectivity index (χ1) is 9.99. The number of aryl methyl sites for hydroxylation is 1. The molecule has 0 aliphatic carbocycles. The van der Waals surface area contributed by atoms with E-state index in [1.54, 1.807) is 6.07 Å². The number of anilines is 1. The van der Waals surface area contributed by atoms with Gasteiger partial charge in [-0.05, 0) is 31.5 Å². The van der Waals surface area contributed by atoms with Crippen LogP contribution in [0, 0.1) is 6.92 Å². The number of morpholine rings is 1. The Kier molecular flexibility index (Phi) is 5.58. The van der Waals surface area contributed by atoms with Gasteiger partial charge in [-0.25, -0.2) is 0 Å². The summed E-state index contributed by atoms with van der Waals surface area (Å²) in [5.41, 5.74) is 1.66. The van der Waals surface area contributed by atoms with Crippen molar-refractivity contribution in [3.63, 3.8) is 0 Å². The van der Waals surface area contributed by atoms with Crippen LogP contribution in [-0.4, -0.2) is 54.4 Å². The molecule has 5 nitrogen and oxygen atoms in total. The van der Waals surface area contributed by atoms with E-state index >= 15 is 0 Å². The summed E-state index contributed by atoms with van der Waals surface area (Å²) in [6.45, 7) is 5.23. The fraction of sp³-hybridized carbons (Fsp3) is 0.533. The van der Waals surface area contributed by atoms with Gasteiger partial charge in [-0.15, -0.1) is 0 Å². The van der Waals surface area contributed by atoms with E-state index in [-0.39, 0.29) is 31.2 Å². The van der Waals surface area contributed by atoms with Crippen LogP contribution in [0.3, 0.4) is 0 Å². The van der Waals surface area contributed by atoms with Crippen molar-refractivity contribution in [2.45, 2.75) is 26.0 Å². The second kappa shape index (κ2) is 7.22. The molecule has 1 fully saturated rings. The molecule has 2 atom stereocenters. The van der Waals surface area contributed by atoms with Crippen LogP contribution in [0.1, 0.15) is 12.5 Å². The maximum absolute atomic E-state index is 12.1. The molecule has 6 heteroatoms. The lowest BCUT2D eigenvalue weighted by molar-refractivity contribution is -0.122. The van der Waals surface area contributed by atoms with Crippen molar-refractivity contribution in [3.05, 3.63) is 28.8 Å². The predicted molar refractivity (Wildman–Crippen MR) is 82.7 cm³/mol. The molecule has 1 heterocycles. The standard InChI is InChI=1S/C15H21ClN2O3/c1-10-3-4-14(13(16)5-10)17-15(20)7-18-6-12(8-19)21-9-11(18)2/h3-5,11-12,19H,6-9H2,1-2H3,(H,17,20). The molecule has 0 spiro atoms. The summed E-state index contributed by atoms with van der Waals surface area (Å²) < 4.78 is 5.46. The number of ether oxygens (including phenoxy) is 1. The Morgan fingerprint density at radius 3 is 3.00 bits per heavy atom. The SMILES string of the molecule is Cc1ccc(NC(=O)CN2CC(CO)OCC2C)c(Cl)c1. The number of carbonyl (C=O) groups excluding carboxylic acids is 1. The molecule has 1 amide bonds. The van der Waals surface area contributed by atoms with Gasteiger partial charge in [0.2, 0.25) is 5.91 Å². The molecule has 0 saturated carbocycles. The van der Waals surface area contributed by atoms with Crippen LogP contribution in [0.4, 0.5) is 5.69 Å².